The van der Waals surface area contributed by atoms with Gasteiger partial charge in [-0.15, -0.1) is 0 Å². The van der Waals surface area contributed by atoms with E-state index in [4.69, 9.17) is 11.6 Å². The van der Waals surface area contributed by atoms with E-state index in [1.165, 1.54) is 0 Å². The summed E-state index contributed by atoms with van der Waals surface area (Å²) >= 11 is 5.87. The van der Waals surface area contributed by atoms with Crippen LogP contribution in [0.15, 0.2) is 24.4 Å². The number of alkyl halides is 1. The summed E-state index contributed by atoms with van der Waals surface area (Å²) < 4.78 is 39.0. The van der Waals surface area contributed by atoms with Crippen molar-refractivity contribution < 1.29 is 18.7 Å². The van der Waals surface area contributed by atoms with E-state index in [0.29, 0.717) is 0 Å². The lowest BCUT2D eigenvalue weighted by molar-refractivity contribution is 0.368. The highest BCUT2D eigenvalue weighted by Crippen LogP contribution is 2.10. The van der Waals surface area contributed by atoms with Gasteiger partial charge in [0.2, 0.25) is 0 Å². The van der Waals surface area contributed by atoms with Crippen LogP contribution in [-0.4, -0.2) is 24.2 Å². The Morgan fingerprint density at radius 1 is 1.36 bits per heavy atom. The highest BCUT2D eigenvalue weighted by Gasteiger charge is 2.20. The van der Waals surface area contributed by atoms with Gasteiger partial charge in [-0.25, -0.2) is 0 Å². The molecule has 1 unspecified atom stereocenters. The second-order valence-electron chi connectivity index (χ2n) is 2.42. The monoisotopic (exact) mass is 231 g/mol. The second-order valence-corrected chi connectivity index (χ2v) is 2.87. The molecular formula is C7H11BClF4N. The topological polar surface area (TPSA) is 3.24 Å². The third-order valence-electron chi connectivity index (χ3n) is 1.34. The lowest BCUT2D eigenvalue weighted by Gasteiger charge is -2.23. The molecule has 0 radical (unpaired) electrons. The number of likely N-dealkylation sites (N-methyl/N-ethyl adjacent to an activating group) is 1. The van der Waals surface area contributed by atoms with Crippen LogP contribution in [0.2, 0.25) is 0 Å². The highest BCUT2D eigenvalue weighted by atomic mass is 35.5. The van der Waals surface area contributed by atoms with E-state index in [2.05, 4.69) is 11.8 Å². The standard InChI is InChI=1S/C7H10ClN.BF4/c1-2-9-6-4-3-5-7(9)8;2-1(3,4)5/h3-7H,2H2,1H3;/q;-1/p+1. The Labute approximate surface area is 86.6 Å². The molecule has 0 aliphatic carbocycles. The summed E-state index contributed by atoms with van der Waals surface area (Å²) in [6.45, 7) is 3.05. The van der Waals surface area contributed by atoms with E-state index < -0.39 is 7.25 Å². The third kappa shape index (κ3) is 7.98. The number of halogens is 5. The van der Waals surface area contributed by atoms with Crippen molar-refractivity contribution in [2.75, 3.05) is 6.54 Å². The van der Waals surface area contributed by atoms with E-state index in [-0.39, 0.29) is 6.93 Å². The Balaban J connectivity index is 0. The van der Waals surface area contributed by atoms with Crippen LogP contribution in [0, 0.1) is 0 Å². The van der Waals surface area contributed by atoms with Gasteiger partial charge in [0, 0.05) is 12.7 Å². The van der Waals surface area contributed by atoms with Crippen LogP contribution in [0.3, 0.4) is 0 Å². The quantitative estimate of drug-likeness (QED) is 0.289. The van der Waals surface area contributed by atoms with E-state index in [9.17, 15) is 17.3 Å². The lowest BCUT2D eigenvalue weighted by atomic mass is 10.3. The first-order chi connectivity index (χ1) is 6.34. The molecule has 0 spiro atoms. The molecule has 1 nitrogen and oxygen atoms in total. The summed E-state index contributed by atoms with van der Waals surface area (Å²) in [7, 11) is -6.00. The first-order valence-corrected chi connectivity index (χ1v) is 4.40. The van der Waals surface area contributed by atoms with Crippen LogP contribution >= 0.6 is 11.6 Å². The maximum atomic E-state index is 9.75. The first-order valence-electron chi connectivity index (χ1n) is 3.96. The van der Waals surface area contributed by atoms with Crippen LogP contribution in [0.1, 0.15) is 8.35 Å². The molecule has 7 heteroatoms. The molecule has 0 aromatic carbocycles. The number of rotatable bonds is 1. The molecule has 0 aromatic rings. The molecule has 0 aromatic heterocycles. The number of allylic oxidation sites excluding steroid dienone is 2. The highest BCUT2D eigenvalue weighted by molar-refractivity contribution is 6.50. The molecule has 1 rings (SSSR count). The zero-order valence-electron chi connectivity index (χ0n) is 8.51. The van der Waals surface area contributed by atoms with Gasteiger partial charge in [-0.1, -0.05) is 17.7 Å². The molecule has 0 fully saturated rings. The van der Waals surface area contributed by atoms with Crippen molar-refractivity contribution in [3.63, 3.8) is 0 Å². The van der Waals surface area contributed by atoms with Crippen molar-refractivity contribution in [1.82, 2.24) is 4.90 Å². The minimum absolute atomic E-state index is 0. The van der Waals surface area contributed by atoms with Gasteiger partial charge in [0.25, 0.3) is 0 Å². The molecular weight excluding hydrogens is 220 g/mol. The number of hydrogen-bond donors (Lipinski definition) is 0. The Morgan fingerprint density at radius 3 is 2.14 bits per heavy atom. The van der Waals surface area contributed by atoms with E-state index >= 15 is 0 Å². The van der Waals surface area contributed by atoms with E-state index in [0.717, 1.165) is 6.54 Å². The fourth-order valence-corrected chi connectivity index (χ4v) is 1.08. The number of nitrogens with zero attached hydrogens (tertiary/aromatic N) is 1. The molecule has 1 heterocycles. The van der Waals surface area contributed by atoms with Gasteiger partial charge in [0.1, 0.15) is 5.50 Å². The van der Waals surface area contributed by atoms with Crippen molar-refractivity contribution in [1.29, 1.82) is 0 Å². The van der Waals surface area contributed by atoms with Crippen LogP contribution in [-0.2, 0) is 0 Å². The average Bonchev–Trinajstić information content (AvgIpc) is 2.02. The predicted octanol–water partition coefficient (Wildman–Crippen LogP) is 3.37. The summed E-state index contributed by atoms with van der Waals surface area (Å²) in [5.74, 6) is 0. The molecule has 1 aliphatic heterocycles. The SMILES string of the molecule is CCN1C=CC=CC1Cl.F[B-](F)(F)F.[H+]. The minimum Gasteiger partial charge on any atom is -0.418 e. The maximum Gasteiger partial charge on any atom is 1.00 e. The van der Waals surface area contributed by atoms with Crippen LogP contribution in [0.5, 0.6) is 0 Å². The largest absolute Gasteiger partial charge is 1.00 e. The Bertz CT molecular complexity index is 216. The predicted molar refractivity (Wildman–Crippen MR) is 51.6 cm³/mol. The summed E-state index contributed by atoms with van der Waals surface area (Å²) in [4.78, 5) is 2.06. The fourth-order valence-electron chi connectivity index (χ4n) is 0.789. The van der Waals surface area contributed by atoms with Gasteiger partial charge < -0.3 is 22.2 Å². The van der Waals surface area contributed by atoms with Crippen LogP contribution in [0.4, 0.5) is 17.3 Å². The van der Waals surface area contributed by atoms with Gasteiger partial charge in [0.15, 0.2) is 0 Å². The lowest BCUT2D eigenvalue weighted by Crippen LogP contribution is -2.25. The smallest absolute Gasteiger partial charge is 0.418 e. The second kappa shape index (κ2) is 5.96. The zero-order valence-corrected chi connectivity index (χ0v) is 8.26. The summed E-state index contributed by atoms with van der Waals surface area (Å²) in [5, 5.41) is 0. The van der Waals surface area contributed by atoms with Crippen LogP contribution < -0.4 is 0 Å². The minimum atomic E-state index is -6.00. The molecule has 0 saturated carbocycles. The van der Waals surface area contributed by atoms with Gasteiger partial charge in [-0.2, -0.15) is 0 Å². The van der Waals surface area contributed by atoms with Gasteiger partial charge in [-0.05, 0) is 19.1 Å². The molecule has 1 aliphatic rings. The van der Waals surface area contributed by atoms with E-state index in [1.807, 2.05) is 24.4 Å². The molecule has 0 bridgehead atoms. The number of hydrogen-bond acceptors (Lipinski definition) is 1. The van der Waals surface area contributed by atoms with Crippen molar-refractivity contribution in [2.45, 2.75) is 12.4 Å². The van der Waals surface area contributed by atoms with Crippen molar-refractivity contribution in [2.24, 2.45) is 0 Å². The summed E-state index contributed by atoms with van der Waals surface area (Å²) in [6.07, 6.45) is 7.91. The van der Waals surface area contributed by atoms with Crippen LogP contribution in [0.25, 0.3) is 0 Å². The Morgan fingerprint density at radius 2 is 1.86 bits per heavy atom. The van der Waals surface area contributed by atoms with Gasteiger partial charge in [-0.3, -0.25) is 0 Å². The van der Waals surface area contributed by atoms with Gasteiger partial charge >= 0.3 is 8.68 Å². The molecule has 14 heavy (non-hydrogen) atoms. The van der Waals surface area contributed by atoms with Crippen molar-refractivity contribution in [3.05, 3.63) is 24.4 Å². The van der Waals surface area contributed by atoms with Crippen molar-refractivity contribution in [3.8, 4) is 0 Å². The average molecular weight is 231 g/mol. The third-order valence-corrected chi connectivity index (χ3v) is 1.74. The molecule has 0 saturated heterocycles. The van der Waals surface area contributed by atoms with E-state index in [1.54, 1.807) is 0 Å². The summed E-state index contributed by atoms with van der Waals surface area (Å²) in [5.41, 5.74) is 0.0556. The molecule has 1 atom stereocenters. The Hall–Kier alpha value is -0.645. The zero-order chi connectivity index (χ0) is 11.2. The van der Waals surface area contributed by atoms with Crippen molar-refractivity contribution >= 4 is 18.9 Å². The molecule has 0 N–H and O–H groups in total. The van der Waals surface area contributed by atoms with Gasteiger partial charge in [0.05, 0.1) is 0 Å². The summed E-state index contributed by atoms with van der Waals surface area (Å²) in [6, 6.07) is 0. The molecule has 82 valence electrons. The normalized spacial score (nSPS) is 20.4. The first kappa shape index (κ1) is 13.4. The fraction of sp³-hybridized carbons (Fsp3) is 0.429. The Kier molecular flexibility index (Phi) is 5.68. The molecule has 0 amide bonds. The maximum absolute atomic E-state index is 9.75.